The number of piperidine rings is 1. The van der Waals surface area contributed by atoms with E-state index in [1.165, 1.54) is 24.3 Å². The zero-order chi connectivity index (χ0) is 22.8. The Hall–Kier alpha value is -2.50. The molecule has 0 radical (unpaired) electrons. The molecule has 0 bridgehead atoms. The van der Waals surface area contributed by atoms with E-state index >= 15 is 0 Å². The first kappa shape index (κ1) is 22.7. The van der Waals surface area contributed by atoms with E-state index in [-0.39, 0.29) is 28.5 Å². The molecule has 1 aromatic heterocycles. The number of amides is 2. The second-order valence-corrected chi connectivity index (χ2v) is 9.62. The van der Waals surface area contributed by atoms with E-state index in [1.54, 1.807) is 22.3 Å². The molecule has 1 saturated heterocycles. The Balaban J connectivity index is 1.31. The third kappa shape index (κ3) is 5.45. The van der Waals surface area contributed by atoms with Crippen molar-refractivity contribution in [2.75, 3.05) is 13.1 Å². The lowest BCUT2D eigenvalue weighted by Crippen LogP contribution is -2.46. The molecule has 1 aromatic carbocycles. The summed E-state index contributed by atoms with van der Waals surface area (Å²) in [4.78, 5) is 33.5. The average molecular weight is 484 g/mol. The van der Waals surface area contributed by atoms with Crippen LogP contribution >= 0.6 is 23.1 Å². The number of hydroxylamine groups is 1. The third-order valence-electron chi connectivity index (χ3n) is 5.25. The number of alkyl halides is 3. The van der Waals surface area contributed by atoms with Gasteiger partial charge in [-0.3, -0.25) is 19.9 Å². The zero-order valence-corrected chi connectivity index (χ0v) is 18.4. The van der Waals surface area contributed by atoms with Gasteiger partial charge < -0.3 is 10.2 Å². The summed E-state index contributed by atoms with van der Waals surface area (Å²) in [7, 11) is 0. The molecule has 2 N–H and O–H groups in total. The van der Waals surface area contributed by atoms with Gasteiger partial charge in [0.05, 0.1) is 6.54 Å². The second-order valence-electron chi connectivity index (χ2n) is 7.45. The standard InChI is InChI=1S/C21H20F3N3O3S2/c22-21(23,24)32-15-5-3-14(4-6-15)19(29)27-9-7-20(8-10-27)12-17(26-30-20)18(28)25-13-16-2-1-11-31-16/h1-6,11-12,26H,7-10,13H2,(H,25,28). The van der Waals surface area contributed by atoms with Crippen molar-refractivity contribution in [1.82, 2.24) is 15.7 Å². The molecule has 0 aliphatic carbocycles. The van der Waals surface area contributed by atoms with Crippen molar-refractivity contribution in [1.29, 1.82) is 0 Å². The summed E-state index contributed by atoms with van der Waals surface area (Å²) >= 11 is 1.35. The van der Waals surface area contributed by atoms with Crippen LogP contribution in [0.3, 0.4) is 0 Å². The third-order valence-corrected chi connectivity index (χ3v) is 6.87. The molecule has 3 heterocycles. The Morgan fingerprint density at radius 1 is 1.19 bits per heavy atom. The molecular formula is C21H20F3N3O3S2. The Bertz CT molecular complexity index is 1000. The van der Waals surface area contributed by atoms with Gasteiger partial charge in [-0.25, -0.2) is 0 Å². The largest absolute Gasteiger partial charge is 0.446 e. The highest BCUT2D eigenvalue weighted by molar-refractivity contribution is 8.00. The fourth-order valence-electron chi connectivity index (χ4n) is 3.58. The number of hydrogen-bond donors (Lipinski definition) is 2. The lowest BCUT2D eigenvalue weighted by Gasteiger charge is -2.36. The Morgan fingerprint density at radius 2 is 1.91 bits per heavy atom. The van der Waals surface area contributed by atoms with Crippen molar-refractivity contribution in [3.05, 3.63) is 64.0 Å². The quantitative estimate of drug-likeness (QED) is 0.628. The van der Waals surface area contributed by atoms with Gasteiger partial charge in [-0.1, -0.05) is 6.07 Å². The summed E-state index contributed by atoms with van der Waals surface area (Å²) in [5.74, 6) is -0.502. The molecule has 2 aliphatic rings. The maximum absolute atomic E-state index is 12.7. The molecule has 4 rings (SSSR count). The number of nitrogens with one attached hydrogen (secondary N) is 2. The summed E-state index contributed by atoms with van der Waals surface area (Å²) in [5.41, 5.74) is -1.65. The molecule has 1 fully saturated rings. The molecule has 0 saturated carbocycles. The molecular weight excluding hydrogens is 463 g/mol. The highest BCUT2D eigenvalue weighted by atomic mass is 32.2. The summed E-state index contributed by atoms with van der Waals surface area (Å²) < 4.78 is 37.4. The monoisotopic (exact) mass is 483 g/mol. The first-order valence-electron chi connectivity index (χ1n) is 9.86. The number of carbonyl (C=O) groups is 2. The normalized spacial score (nSPS) is 17.7. The van der Waals surface area contributed by atoms with Crippen LogP contribution < -0.4 is 10.8 Å². The SMILES string of the molecule is O=C(NCc1cccs1)C1=CC2(CCN(C(=O)c3ccc(SC(F)(F)F)cc3)CC2)ON1. The number of nitrogens with zero attached hydrogens (tertiary/aromatic N) is 1. The molecule has 2 aliphatic heterocycles. The first-order chi connectivity index (χ1) is 15.2. The molecule has 0 atom stereocenters. The number of benzene rings is 1. The first-order valence-corrected chi connectivity index (χ1v) is 11.6. The van der Waals surface area contributed by atoms with Crippen molar-refractivity contribution in [3.8, 4) is 0 Å². The van der Waals surface area contributed by atoms with Crippen LogP contribution in [-0.4, -0.2) is 40.9 Å². The van der Waals surface area contributed by atoms with Crippen LogP contribution in [0.15, 0.2) is 58.4 Å². The van der Waals surface area contributed by atoms with Gasteiger partial charge in [0.2, 0.25) is 0 Å². The van der Waals surface area contributed by atoms with Gasteiger partial charge in [0.25, 0.3) is 11.8 Å². The average Bonchev–Trinajstić information content (AvgIpc) is 3.42. The number of likely N-dealkylation sites (tertiary alicyclic amines) is 1. The van der Waals surface area contributed by atoms with Gasteiger partial charge in [-0.05, 0) is 53.5 Å². The van der Waals surface area contributed by atoms with Gasteiger partial charge in [-0.2, -0.15) is 13.2 Å². The molecule has 2 aromatic rings. The molecule has 170 valence electrons. The number of thiophene rings is 1. The molecule has 32 heavy (non-hydrogen) atoms. The molecule has 1 spiro atoms. The van der Waals surface area contributed by atoms with Crippen molar-refractivity contribution in [2.45, 2.75) is 35.4 Å². The predicted octanol–water partition coefficient (Wildman–Crippen LogP) is 4.07. The Labute approximate surface area is 190 Å². The Kier molecular flexibility index (Phi) is 6.50. The molecule has 2 amide bonds. The van der Waals surface area contributed by atoms with Crippen molar-refractivity contribution in [2.24, 2.45) is 0 Å². The minimum Gasteiger partial charge on any atom is -0.346 e. The number of thioether (sulfide) groups is 1. The smallest absolute Gasteiger partial charge is 0.346 e. The van der Waals surface area contributed by atoms with Gasteiger partial charge in [0, 0.05) is 41.3 Å². The van der Waals surface area contributed by atoms with E-state index in [0.29, 0.717) is 43.7 Å². The molecule has 0 unspecified atom stereocenters. The highest BCUT2D eigenvalue weighted by Crippen LogP contribution is 2.37. The lowest BCUT2D eigenvalue weighted by molar-refractivity contribution is -0.120. The molecule has 6 nitrogen and oxygen atoms in total. The van der Waals surface area contributed by atoms with Gasteiger partial charge in [0.1, 0.15) is 11.3 Å². The summed E-state index contributed by atoms with van der Waals surface area (Å²) in [6.45, 7) is 1.24. The Morgan fingerprint density at radius 3 is 2.53 bits per heavy atom. The summed E-state index contributed by atoms with van der Waals surface area (Å²) in [5, 5.41) is 4.78. The number of carbonyl (C=O) groups excluding carboxylic acids is 2. The second kappa shape index (κ2) is 9.16. The lowest BCUT2D eigenvalue weighted by atomic mass is 9.90. The minimum absolute atomic E-state index is 0.0344. The minimum atomic E-state index is -4.37. The van der Waals surface area contributed by atoms with Gasteiger partial charge in [-0.15, -0.1) is 11.3 Å². The van der Waals surface area contributed by atoms with E-state index in [0.717, 1.165) is 4.88 Å². The summed E-state index contributed by atoms with van der Waals surface area (Å²) in [6.07, 6.45) is 2.76. The van der Waals surface area contributed by atoms with E-state index < -0.39 is 11.1 Å². The van der Waals surface area contributed by atoms with E-state index in [2.05, 4.69) is 10.8 Å². The maximum atomic E-state index is 12.7. The van der Waals surface area contributed by atoms with Crippen molar-refractivity contribution in [3.63, 3.8) is 0 Å². The van der Waals surface area contributed by atoms with Gasteiger partial charge >= 0.3 is 5.51 Å². The van der Waals surface area contributed by atoms with Crippen molar-refractivity contribution >= 4 is 34.9 Å². The van der Waals surface area contributed by atoms with Crippen LogP contribution in [0, 0.1) is 0 Å². The predicted molar refractivity (Wildman–Crippen MR) is 115 cm³/mol. The topological polar surface area (TPSA) is 70.7 Å². The van der Waals surface area contributed by atoms with Crippen LogP contribution in [0.2, 0.25) is 0 Å². The van der Waals surface area contributed by atoms with Crippen LogP contribution in [0.4, 0.5) is 13.2 Å². The molecule has 11 heteroatoms. The van der Waals surface area contributed by atoms with E-state index in [1.807, 2.05) is 17.5 Å². The zero-order valence-electron chi connectivity index (χ0n) is 16.8. The summed E-state index contributed by atoms with van der Waals surface area (Å²) in [6, 6.07) is 9.26. The van der Waals surface area contributed by atoms with E-state index in [9.17, 15) is 22.8 Å². The van der Waals surface area contributed by atoms with Crippen LogP contribution in [0.1, 0.15) is 28.1 Å². The fourth-order valence-corrected chi connectivity index (χ4v) is 4.77. The van der Waals surface area contributed by atoms with Crippen LogP contribution in [0.25, 0.3) is 0 Å². The van der Waals surface area contributed by atoms with Crippen LogP contribution in [-0.2, 0) is 16.2 Å². The van der Waals surface area contributed by atoms with Crippen molar-refractivity contribution < 1.29 is 27.6 Å². The number of halogens is 3. The van der Waals surface area contributed by atoms with E-state index in [4.69, 9.17) is 4.84 Å². The highest BCUT2D eigenvalue weighted by Gasteiger charge is 2.41. The fraction of sp³-hybridized carbons (Fsp3) is 0.333. The van der Waals surface area contributed by atoms with Crippen LogP contribution in [0.5, 0.6) is 0 Å². The number of rotatable bonds is 5. The number of hydrogen-bond acceptors (Lipinski definition) is 6. The van der Waals surface area contributed by atoms with Gasteiger partial charge in [0.15, 0.2) is 0 Å². The maximum Gasteiger partial charge on any atom is 0.446 e.